The summed E-state index contributed by atoms with van der Waals surface area (Å²) >= 11 is 0. The van der Waals surface area contributed by atoms with E-state index in [0.29, 0.717) is 17.2 Å². The van der Waals surface area contributed by atoms with Crippen molar-refractivity contribution < 1.29 is 14.3 Å². The Morgan fingerprint density at radius 1 is 1.40 bits per heavy atom. The monoisotopic (exact) mass is 204 g/mol. The van der Waals surface area contributed by atoms with Gasteiger partial charge >= 0.3 is 5.63 Å². The first-order valence-electron chi connectivity index (χ1n) is 4.35. The van der Waals surface area contributed by atoms with Gasteiger partial charge in [0, 0.05) is 6.07 Å². The number of benzene rings is 1. The standard InChI is InChI=1S/C11H8O4/c1-6-4-9(13)15-8-3-2-7(5-12)11(14)10(6)8/h2-5,14H,1H3. The summed E-state index contributed by atoms with van der Waals surface area (Å²) in [4.78, 5) is 21.6. The summed E-state index contributed by atoms with van der Waals surface area (Å²) in [5.74, 6) is -0.149. The molecule has 2 aromatic rings. The number of aryl methyl sites for hydroxylation is 1. The average molecular weight is 204 g/mol. The highest BCUT2D eigenvalue weighted by Gasteiger charge is 2.10. The Balaban J connectivity index is 2.99. The van der Waals surface area contributed by atoms with Crippen LogP contribution in [0.5, 0.6) is 5.75 Å². The van der Waals surface area contributed by atoms with E-state index < -0.39 is 5.63 Å². The Hall–Kier alpha value is -2.10. The van der Waals surface area contributed by atoms with Crippen LogP contribution in [0.15, 0.2) is 27.4 Å². The van der Waals surface area contributed by atoms with Crippen molar-refractivity contribution in [2.45, 2.75) is 6.92 Å². The predicted molar refractivity (Wildman–Crippen MR) is 54.3 cm³/mol. The van der Waals surface area contributed by atoms with Crippen molar-refractivity contribution in [3.63, 3.8) is 0 Å². The van der Waals surface area contributed by atoms with Crippen molar-refractivity contribution >= 4 is 17.3 Å². The fraction of sp³-hybridized carbons (Fsp3) is 0.0909. The minimum atomic E-state index is -0.474. The molecule has 1 N–H and O–H groups in total. The Morgan fingerprint density at radius 3 is 2.80 bits per heavy atom. The second-order valence-corrected chi connectivity index (χ2v) is 3.24. The van der Waals surface area contributed by atoms with E-state index >= 15 is 0 Å². The second kappa shape index (κ2) is 3.24. The number of fused-ring (bicyclic) bond motifs is 1. The third kappa shape index (κ3) is 1.40. The lowest BCUT2D eigenvalue weighted by atomic mass is 10.1. The molecule has 0 aliphatic carbocycles. The zero-order chi connectivity index (χ0) is 11.0. The fourth-order valence-corrected chi connectivity index (χ4v) is 1.54. The Labute approximate surface area is 84.8 Å². The summed E-state index contributed by atoms with van der Waals surface area (Å²) < 4.78 is 4.89. The highest BCUT2D eigenvalue weighted by atomic mass is 16.4. The van der Waals surface area contributed by atoms with Crippen LogP contribution in [0.2, 0.25) is 0 Å². The molecule has 0 aliphatic heterocycles. The van der Waals surface area contributed by atoms with Crippen LogP contribution in [0.4, 0.5) is 0 Å². The second-order valence-electron chi connectivity index (χ2n) is 3.24. The van der Waals surface area contributed by atoms with Crippen molar-refractivity contribution in [1.82, 2.24) is 0 Å². The number of aromatic hydroxyl groups is 1. The van der Waals surface area contributed by atoms with Crippen LogP contribution in [-0.2, 0) is 0 Å². The van der Waals surface area contributed by atoms with Crippen LogP contribution < -0.4 is 5.63 Å². The molecule has 0 amide bonds. The highest BCUT2D eigenvalue weighted by Crippen LogP contribution is 2.29. The van der Waals surface area contributed by atoms with E-state index in [9.17, 15) is 14.7 Å². The molecule has 4 nitrogen and oxygen atoms in total. The predicted octanol–water partition coefficient (Wildman–Crippen LogP) is 1.62. The number of carbonyl (C=O) groups is 1. The van der Waals surface area contributed by atoms with E-state index in [-0.39, 0.29) is 16.9 Å². The van der Waals surface area contributed by atoms with Crippen LogP contribution in [0.25, 0.3) is 11.0 Å². The minimum absolute atomic E-state index is 0.149. The van der Waals surface area contributed by atoms with Crippen molar-refractivity contribution in [1.29, 1.82) is 0 Å². The summed E-state index contributed by atoms with van der Waals surface area (Å²) in [6.07, 6.45) is 0.555. The maximum Gasteiger partial charge on any atom is 0.336 e. The molecule has 1 aromatic carbocycles. The number of aldehydes is 1. The van der Waals surface area contributed by atoms with Gasteiger partial charge in [-0.3, -0.25) is 4.79 Å². The van der Waals surface area contributed by atoms with Crippen molar-refractivity contribution in [2.75, 3.05) is 0 Å². The quantitative estimate of drug-likeness (QED) is 0.566. The number of hydrogen-bond acceptors (Lipinski definition) is 4. The molecule has 0 aliphatic rings. The van der Waals surface area contributed by atoms with E-state index in [1.807, 2.05) is 0 Å². The van der Waals surface area contributed by atoms with E-state index in [1.165, 1.54) is 18.2 Å². The summed E-state index contributed by atoms with van der Waals surface area (Å²) in [7, 11) is 0. The Kier molecular flexibility index (Phi) is 2.04. The third-order valence-electron chi connectivity index (χ3n) is 2.24. The molecule has 4 heteroatoms. The van der Waals surface area contributed by atoms with E-state index in [4.69, 9.17) is 4.42 Å². The molecule has 1 heterocycles. The van der Waals surface area contributed by atoms with Gasteiger partial charge in [-0.05, 0) is 24.6 Å². The number of carbonyl (C=O) groups excluding carboxylic acids is 1. The van der Waals surface area contributed by atoms with Gasteiger partial charge in [-0.15, -0.1) is 0 Å². The molecule has 0 unspecified atom stereocenters. The van der Waals surface area contributed by atoms with E-state index in [1.54, 1.807) is 6.92 Å². The number of phenolic OH excluding ortho intramolecular Hbond substituents is 1. The van der Waals surface area contributed by atoms with Gasteiger partial charge in [0.05, 0.1) is 10.9 Å². The van der Waals surface area contributed by atoms with E-state index in [2.05, 4.69) is 0 Å². The van der Waals surface area contributed by atoms with E-state index in [0.717, 1.165) is 0 Å². The molecule has 0 radical (unpaired) electrons. The Bertz CT molecular complexity index is 595. The summed E-state index contributed by atoms with van der Waals surface area (Å²) in [6.45, 7) is 1.67. The Morgan fingerprint density at radius 2 is 2.13 bits per heavy atom. The molecule has 1 aromatic heterocycles. The van der Waals surface area contributed by atoms with Gasteiger partial charge in [-0.1, -0.05) is 0 Å². The molecule has 0 spiro atoms. The largest absolute Gasteiger partial charge is 0.506 e. The maximum absolute atomic E-state index is 11.1. The van der Waals surface area contributed by atoms with Crippen molar-refractivity contribution in [3.8, 4) is 5.75 Å². The van der Waals surface area contributed by atoms with Crippen LogP contribution >= 0.6 is 0 Å². The number of hydrogen-bond donors (Lipinski definition) is 1. The van der Waals surface area contributed by atoms with Gasteiger partial charge in [0.1, 0.15) is 11.3 Å². The lowest BCUT2D eigenvalue weighted by molar-refractivity contribution is 0.112. The van der Waals surface area contributed by atoms with Crippen molar-refractivity contribution in [2.24, 2.45) is 0 Å². The van der Waals surface area contributed by atoms with Gasteiger partial charge < -0.3 is 9.52 Å². The molecule has 0 atom stereocenters. The first-order valence-corrected chi connectivity index (χ1v) is 4.35. The SMILES string of the molecule is Cc1cc(=O)oc2ccc(C=O)c(O)c12. The third-order valence-corrected chi connectivity index (χ3v) is 2.24. The molecule has 2 rings (SSSR count). The molecule has 0 bridgehead atoms. The molecule has 15 heavy (non-hydrogen) atoms. The maximum atomic E-state index is 11.1. The topological polar surface area (TPSA) is 67.5 Å². The van der Waals surface area contributed by atoms with Gasteiger partial charge in [0.15, 0.2) is 6.29 Å². The van der Waals surface area contributed by atoms with Gasteiger partial charge in [-0.25, -0.2) is 4.79 Å². The fourth-order valence-electron chi connectivity index (χ4n) is 1.54. The minimum Gasteiger partial charge on any atom is -0.506 e. The van der Waals surface area contributed by atoms with Gasteiger partial charge in [0.25, 0.3) is 0 Å². The van der Waals surface area contributed by atoms with Crippen LogP contribution in [0.3, 0.4) is 0 Å². The van der Waals surface area contributed by atoms with Crippen LogP contribution in [0.1, 0.15) is 15.9 Å². The lowest BCUT2D eigenvalue weighted by Crippen LogP contribution is -1.98. The molecular weight excluding hydrogens is 196 g/mol. The first-order chi connectivity index (χ1) is 7.13. The molecule has 0 fully saturated rings. The average Bonchev–Trinajstić information content (AvgIpc) is 2.17. The highest BCUT2D eigenvalue weighted by molar-refractivity contribution is 5.94. The summed E-state index contributed by atoms with van der Waals surface area (Å²) in [5, 5.41) is 10.1. The molecule has 0 saturated carbocycles. The van der Waals surface area contributed by atoms with Crippen LogP contribution in [-0.4, -0.2) is 11.4 Å². The van der Waals surface area contributed by atoms with Gasteiger partial charge in [0.2, 0.25) is 0 Å². The zero-order valence-electron chi connectivity index (χ0n) is 7.98. The first kappa shape index (κ1) is 9.45. The van der Waals surface area contributed by atoms with Gasteiger partial charge in [-0.2, -0.15) is 0 Å². The lowest BCUT2D eigenvalue weighted by Gasteiger charge is -2.04. The number of phenols is 1. The summed E-state index contributed by atoms with van der Waals surface area (Å²) in [5.41, 5.74) is 0.572. The zero-order valence-corrected chi connectivity index (χ0v) is 7.98. The van der Waals surface area contributed by atoms with Crippen molar-refractivity contribution in [3.05, 3.63) is 39.7 Å². The smallest absolute Gasteiger partial charge is 0.336 e. The molecule has 0 saturated heterocycles. The molecular formula is C11H8O4. The van der Waals surface area contributed by atoms with Crippen LogP contribution in [0, 0.1) is 6.92 Å². The normalized spacial score (nSPS) is 10.5. The molecule has 76 valence electrons. The summed E-state index contributed by atoms with van der Waals surface area (Å²) in [6, 6.07) is 4.18. The number of rotatable bonds is 1.